The Hall–Kier alpha value is -0.370. The second-order valence-corrected chi connectivity index (χ2v) is 5.37. The first-order valence-electron chi connectivity index (χ1n) is 4.90. The fourth-order valence-electron chi connectivity index (χ4n) is 1.40. The van der Waals surface area contributed by atoms with Gasteiger partial charge in [0, 0.05) is 4.83 Å². The van der Waals surface area contributed by atoms with Crippen molar-refractivity contribution in [1.82, 2.24) is 0 Å². The predicted molar refractivity (Wildman–Crippen MR) is 62.4 cm³/mol. The zero-order valence-electron chi connectivity index (χ0n) is 8.85. The Kier molecular flexibility index (Phi) is 4.11. The lowest BCUT2D eigenvalue weighted by Gasteiger charge is -2.15. The standard InChI is InChI=1S/C12H16BrF/c1-8(10(3)13)6-11-4-5-12(14)7-9(11)2/h4-5,7-8,10H,6H2,1-3H3. The molecule has 2 atom stereocenters. The van der Waals surface area contributed by atoms with Gasteiger partial charge in [0.2, 0.25) is 0 Å². The van der Waals surface area contributed by atoms with E-state index in [4.69, 9.17) is 0 Å². The Labute approximate surface area is 93.7 Å². The van der Waals surface area contributed by atoms with Crippen molar-refractivity contribution in [2.45, 2.75) is 32.0 Å². The SMILES string of the molecule is Cc1cc(F)ccc1CC(C)C(C)Br. The molecule has 0 aliphatic carbocycles. The van der Waals surface area contributed by atoms with Gasteiger partial charge in [-0.25, -0.2) is 4.39 Å². The molecule has 0 heterocycles. The summed E-state index contributed by atoms with van der Waals surface area (Å²) in [5.41, 5.74) is 2.29. The predicted octanol–water partition coefficient (Wildman–Crippen LogP) is 4.10. The Balaban J connectivity index is 2.77. The average Bonchev–Trinajstić information content (AvgIpc) is 2.09. The van der Waals surface area contributed by atoms with Crippen LogP contribution in [0, 0.1) is 18.7 Å². The van der Waals surface area contributed by atoms with E-state index in [1.165, 1.54) is 11.6 Å². The molecule has 0 N–H and O–H groups in total. The molecule has 0 nitrogen and oxygen atoms in total. The van der Waals surface area contributed by atoms with Crippen molar-refractivity contribution in [3.63, 3.8) is 0 Å². The second kappa shape index (κ2) is 4.92. The molecule has 1 aromatic carbocycles. The van der Waals surface area contributed by atoms with Crippen LogP contribution in [0.15, 0.2) is 18.2 Å². The van der Waals surface area contributed by atoms with E-state index in [1.807, 2.05) is 13.0 Å². The zero-order chi connectivity index (χ0) is 10.7. The van der Waals surface area contributed by atoms with E-state index in [0.717, 1.165) is 12.0 Å². The number of halogens is 2. The van der Waals surface area contributed by atoms with Gasteiger partial charge in [0.15, 0.2) is 0 Å². The maximum Gasteiger partial charge on any atom is 0.123 e. The smallest absolute Gasteiger partial charge is 0.123 e. The molecule has 0 radical (unpaired) electrons. The van der Waals surface area contributed by atoms with Gasteiger partial charge in [-0.05, 0) is 42.5 Å². The molecule has 0 bridgehead atoms. The summed E-state index contributed by atoms with van der Waals surface area (Å²) in [5.74, 6) is 0.421. The summed E-state index contributed by atoms with van der Waals surface area (Å²) < 4.78 is 12.8. The molecular formula is C12H16BrF. The molecule has 0 saturated heterocycles. The lowest BCUT2D eigenvalue weighted by atomic mass is 9.96. The summed E-state index contributed by atoms with van der Waals surface area (Å²) in [4.78, 5) is 0.493. The first-order chi connectivity index (χ1) is 6.50. The lowest BCUT2D eigenvalue weighted by molar-refractivity contribution is 0.576. The van der Waals surface area contributed by atoms with Gasteiger partial charge in [-0.15, -0.1) is 0 Å². The molecule has 0 amide bonds. The minimum atomic E-state index is -0.147. The van der Waals surface area contributed by atoms with Crippen LogP contribution in [0.1, 0.15) is 25.0 Å². The number of aryl methyl sites for hydroxylation is 1. The van der Waals surface area contributed by atoms with E-state index in [0.29, 0.717) is 10.7 Å². The van der Waals surface area contributed by atoms with Crippen LogP contribution in [0.2, 0.25) is 0 Å². The summed E-state index contributed by atoms with van der Waals surface area (Å²) in [6.45, 7) is 6.30. The number of hydrogen-bond acceptors (Lipinski definition) is 0. The number of alkyl halides is 1. The van der Waals surface area contributed by atoms with E-state index in [-0.39, 0.29) is 5.82 Å². The second-order valence-electron chi connectivity index (χ2n) is 3.93. The summed E-state index contributed by atoms with van der Waals surface area (Å²) in [6.07, 6.45) is 0.999. The van der Waals surface area contributed by atoms with Gasteiger partial charge >= 0.3 is 0 Å². The van der Waals surface area contributed by atoms with Crippen LogP contribution < -0.4 is 0 Å². The summed E-state index contributed by atoms with van der Waals surface area (Å²) in [5, 5.41) is 0. The van der Waals surface area contributed by atoms with Crippen LogP contribution in [0.5, 0.6) is 0 Å². The third-order valence-corrected chi connectivity index (χ3v) is 3.53. The van der Waals surface area contributed by atoms with E-state index >= 15 is 0 Å². The minimum Gasteiger partial charge on any atom is -0.207 e. The van der Waals surface area contributed by atoms with Crippen molar-refractivity contribution in [3.8, 4) is 0 Å². The highest BCUT2D eigenvalue weighted by atomic mass is 79.9. The third-order valence-electron chi connectivity index (χ3n) is 2.63. The van der Waals surface area contributed by atoms with Gasteiger partial charge < -0.3 is 0 Å². The highest BCUT2D eigenvalue weighted by Crippen LogP contribution is 2.20. The van der Waals surface area contributed by atoms with Crippen LogP contribution in [-0.2, 0) is 6.42 Å². The maximum atomic E-state index is 12.8. The molecule has 0 aliphatic heterocycles. The van der Waals surface area contributed by atoms with E-state index < -0.39 is 0 Å². The molecule has 1 aromatic rings. The molecule has 2 heteroatoms. The van der Waals surface area contributed by atoms with Gasteiger partial charge in [-0.2, -0.15) is 0 Å². The van der Waals surface area contributed by atoms with Gasteiger partial charge in [0.1, 0.15) is 5.82 Å². The normalized spacial score (nSPS) is 15.2. The molecule has 14 heavy (non-hydrogen) atoms. The van der Waals surface area contributed by atoms with Crippen molar-refractivity contribution in [1.29, 1.82) is 0 Å². The Morgan fingerprint density at radius 1 is 1.36 bits per heavy atom. The summed E-state index contributed by atoms with van der Waals surface area (Å²) >= 11 is 3.56. The Morgan fingerprint density at radius 3 is 2.50 bits per heavy atom. The fourth-order valence-corrected chi connectivity index (χ4v) is 1.58. The quantitative estimate of drug-likeness (QED) is 0.717. The van der Waals surface area contributed by atoms with Gasteiger partial charge in [-0.3, -0.25) is 0 Å². The monoisotopic (exact) mass is 258 g/mol. The molecule has 1 rings (SSSR count). The van der Waals surface area contributed by atoms with Crippen molar-refractivity contribution < 1.29 is 4.39 Å². The molecule has 0 aliphatic rings. The van der Waals surface area contributed by atoms with Gasteiger partial charge in [0.25, 0.3) is 0 Å². The molecule has 0 aromatic heterocycles. The van der Waals surface area contributed by atoms with Crippen molar-refractivity contribution >= 4 is 15.9 Å². The molecule has 0 saturated carbocycles. The van der Waals surface area contributed by atoms with Crippen LogP contribution in [0.3, 0.4) is 0 Å². The molecule has 0 fully saturated rings. The van der Waals surface area contributed by atoms with Crippen molar-refractivity contribution in [2.75, 3.05) is 0 Å². The summed E-state index contributed by atoms with van der Waals surface area (Å²) in [6, 6.07) is 5.02. The first kappa shape index (κ1) is 11.7. The van der Waals surface area contributed by atoms with E-state index in [2.05, 4.69) is 29.8 Å². The molecule has 78 valence electrons. The van der Waals surface area contributed by atoms with Crippen molar-refractivity contribution in [2.24, 2.45) is 5.92 Å². The third kappa shape index (κ3) is 3.09. The Morgan fingerprint density at radius 2 is 2.00 bits per heavy atom. The van der Waals surface area contributed by atoms with E-state index in [1.54, 1.807) is 6.07 Å². The van der Waals surface area contributed by atoms with Crippen LogP contribution in [0.25, 0.3) is 0 Å². The summed E-state index contributed by atoms with van der Waals surface area (Å²) in [7, 11) is 0. The number of benzene rings is 1. The van der Waals surface area contributed by atoms with Crippen molar-refractivity contribution in [3.05, 3.63) is 35.1 Å². The maximum absolute atomic E-state index is 12.8. The molecular weight excluding hydrogens is 243 g/mol. The topological polar surface area (TPSA) is 0 Å². The minimum absolute atomic E-state index is 0.147. The van der Waals surface area contributed by atoms with E-state index in [9.17, 15) is 4.39 Å². The number of rotatable bonds is 3. The highest BCUT2D eigenvalue weighted by molar-refractivity contribution is 9.09. The highest BCUT2D eigenvalue weighted by Gasteiger charge is 2.10. The van der Waals surface area contributed by atoms with Crippen LogP contribution in [-0.4, -0.2) is 4.83 Å². The van der Waals surface area contributed by atoms with Gasteiger partial charge in [0.05, 0.1) is 0 Å². The number of hydrogen-bond donors (Lipinski definition) is 0. The molecule has 0 spiro atoms. The fraction of sp³-hybridized carbons (Fsp3) is 0.500. The lowest BCUT2D eigenvalue weighted by Crippen LogP contribution is -2.10. The van der Waals surface area contributed by atoms with Gasteiger partial charge in [-0.1, -0.05) is 35.8 Å². The zero-order valence-corrected chi connectivity index (χ0v) is 10.4. The van der Waals surface area contributed by atoms with Crippen LogP contribution in [0.4, 0.5) is 4.39 Å². The largest absolute Gasteiger partial charge is 0.207 e. The Bertz CT molecular complexity index is 307. The molecule has 2 unspecified atom stereocenters. The first-order valence-corrected chi connectivity index (χ1v) is 5.81. The average molecular weight is 259 g/mol. The van der Waals surface area contributed by atoms with Crippen LogP contribution >= 0.6 is 15.9 Å².